The first-order valence-electron chi connectivity index (χ1n) is 6.13. The third-order valence-electron chi connectivity index (χ3n) is 2.87. The van der Waals surface area contributed by atoms with Crippen molar-refractivity contribution in [2.24, 2.45) is 10.7 Å². The molecule has 0 saturated carbocycles. The zero-order chi connectivity index (χ0) is 13.8. The number of rotatable bonds is 2. The van der Waals surface area contributed by atoms with Crippen molar-refractivity contribution in [1.82, 2.24) is 0 Å². The maximum atomic E-state index is 7.98. The van der Waals surface area contributed by atoms with Gasteiger partial charge in [-0.1, -0.05) is 53.6 Å². The number of aliphatic imine (C=N–C) groups is 1. The van der Waals surface area contributed by atoms with Gasteiger partial charge < -0.3 is 5.73 Å². The first kappa shape index (κ1) is 13.0. The molecule has 0 aliphatic rings. The molecule has 2 rings (SSSR count). The first-order valence-corrected chi connectivity index (χ1v) is 6.13. The van der Waals surface area contributed by atoms with Crippen molar-refractivity contribution in [3.8, 4) is 0 Å². The number of amidine groups is 2. The number of nitrogens with one attached hydrogen (secondary N) is 1. The van der Waals surface area contributed by atoms with E-state index in [1.165, 1.54) is 5.56 Å². The van der Waals surface area contributed by atoms with Gasteiger partial charge in [-0.05, 0) is 19.9 Å². The minimum Gasteiger partial charge on any atom is -0.383 e. The molecule has 3 N–H and O–H groups in total. The van der Waals surface area contributed by atoms with Crippen LogP contribution in [0.1, 0.15) is 22.3 Å². The highest BCUT2D eigenvalue weighted by molar-refractivity contribution is 6.09. The summed E-state index contributed by atoms with van der Waals surface area (Å²) in [5, 5.41) is 7.98. The summed E-state index contributed by atoms with van der Waals surface area (Å²) in [7, 11) is 0. The Balaban J connectivity index is 2.25. The maximum Gasteiger partial charge on any atom is 0.154 e. The molecule has 0 saturated heterocycles. The highest BCUT2D eigenvalue weighted by atomic mass is 14.9. The summed E-state index contributed by atoms with van der Waals surface area (Å²) in [5.41, 5.74) is 9.81. The predicted octanol–water partition coefficient (Wildman–Crippen LogP) is 3.03. The largest absolute Gasteiger partial charge is 0.383 e. The monoisotopic (exact) mass is 251 g/mol. The summed E-state index contributed by atoms with van der Waals surface area (Å²) in [4.78, 5) is 4.17. The maximum absolute atomic E-state index is 7.98. The van der Waals surface area contributed by atoms with E-state index in [-0.39, 0.29) is 5.84 Å². The lowest BCUT2D eigenvalue weighted by atomic mass is 10.1. The summed E-state index contributed by atoms with van der Waals surface area (Å²) in [6, 6.07) is 15.5. The van der Waals surface area contributed by atoms with Crippen molar-refractivity contribution in [3.63, 3.8) is 0 Å². The molecular formula is C16H17N3. The average molecular weight is 251 g/mol. The fourth-order valence-electron chi connectivity index (χ4n) is 1.77. The Bertz CT molecular complexity index is 625. The first-order chi connectivity index (χ1) is 9.06. The van der Waals surface area contributed by atoms with E-state index >= 15 is 0 Å². The van der Waals surface area contributed by atoms with Gasteiger partial charge in [0.25, 0.3) is 0 Å². The molecule has 0 aromatic heterocycles. The van der Waals surface area contributed by atoms with Crippen molar-refractivity contribution >= 4 is 11.7 Å². The van der Waals surface area contributed by atoms with Crippen molar-refractivity contribution in [1.29, 1.82) is 5.41 Å². The zero-order valence-corrected chi connectivity index (χ0v) is 11.1. The van der Waals surface area contributed by atoms with Crippen molar-refractivity contribution in [2.45, 2.75) is 13.8 Å². The van der Waals surface area contributed by atoms with Gasteiger partial charge in [0.2, 0.25) is 0 Å². The molecule has 0 spiro atoms. The molecule has 96 valence electrons. The van der Waals surface area contributed by atoms with Crippen LogP contribution in [0, 0.1) is 19.3 Å². The molecule has 0 unspecified atom stereocenters. The second-order valence-corrected chi connectivity index (χ2v) is 4.58. The Morgan fingerprint density at radius 1 is 0.947 bits per heavy atom. The Kier molecular flexibility index (Phi) is 3.76. The molecule has 2 aromatic rings. The van der Waals surface area contributed by atoms with Crippen LogP contribution < -0.4 is 5.73 Å². The highest BCUT2D eigenvalue weighted by Crippen LogP contribution is 2.07. The van der Waals surface area contributed by atoms with Gasteiger partial charge in [-0.2, -0.15) is 0 Å². The summed E-state index contributed by atoms with van der Waals surface area (Å²) in [6.45, 7) is 4.01. The van der Waals surface area contributed by atoms with Crippen molar-refractivity contribution < 1.29 is 0 Å². The lowest BCUT2D eigenvalue weighted by Gasteiger charge is -2.04. The van der Waals surface area contributed by atoms with E-state index in [9.17, 15) is 0 Å². The number of nitrogens with zero attached hydrogens (tertiary/aromatic N) is 1. The van der Waals surface area contributed by atoms with Crippen LogP contribution in [-0.4, -0.2) is 11.7 Å². The van der Waals surface area contributed by atoms with Crippen molar-refractivity contribution in [3.05, 3.63) is 70.8 Å². The van der Waals surface area contributed by atoms with E-state index in [0.29, 0.717) is 5.84 Å². The molecule has 0 bridgehead atoms. The molecular weight excluding hydrogens is 234 g/mol. The zero-order valence-electron chi connectivity index (χ0n) is 11.1. The third kappa shape index (κ3) is 3.28. The molecule has 2 aromatic carbocycles. The van der Waals surface area contributed by atoms with Gasteiger partial charge >= 0.3 is 0 Å². The van der Waals surface area contributed by atoms with Crippen LogP contribution in [-0.2, 0) is 0 Å². The highest BCUT2D eigenvalue weighted by Gasteiger charge is 2.03. The molecule has 0 amide bonds. The fourth-order valence-corrected chi connectivity index (χ4v) is 1.77. The van der Waals surface area contributed by atoms with Crippen LogP contribution in [0.15, 0.2) is 53.5 Å². The number of hydrogen-bond acceptors (Lipinski definition) is 1. The second-order valence-electron chi connectivity index (χ2n) is 4.58. The van der Waals surface area contributed by atoms with E-state index in [4.69, 9.17) is 11.1 Å². The van der Waals surface area contributed by atoms with Gasteiger partial charge in [0.05, 0.1) is 0 Å². The minimum absolute atomic E-state index is 0.182. The minimum atomic E-state index is 0.182. The molecule has 0 radical (unpaired) electrons. The molecule has 3 heteroatoms. The molecule has 0 aliphatic heterocycles. The van der Waals surface area contributed by atoms with E-state index in [1.54, 1.807) is 0 Å². The van der Waals surface area contributed by atoms with Crippen LogP contribution >= 0.6 is 0 Å². The summed E-state index contributed by atoms with van der Waals surface area (Å²) in [6.07, 6.45) is 0. The Morgan fingerprint density at radius 3 is 2.26 bits per heavy atom. The lowest BCUT2D eigenvalue weighted by molar-refractivity contribution is 1.37. The van der Waals surface area contributed by atoms with E-state index in [1.807, 2.05) is 62.4 Å². The summed E-state index contributed by atoms with van der Waals surface area (Å²) in [5.74, 6) is 0.549. The van der Waals surface area contributed by atoms with Crippen LogP contribution in [0.5, 0.6) is 0 Å². The average Bonchev–Trinajstić information content (AvgIpc) is 2.39. The smallest absolute Gasteiger partial charge is 0.154 e. The Labute approximate surface area is 113 Å². The van der Waals surface area contributed by atoms with Gasteiger partial charge in [0.1, 0.15) is 5.84 Å². The molecule has 0 heterocycles. The summed E-state index contributed by atoms with van der Waals surface area (Å²) >= 11 is 0. The van der Waals surface area contributed by atoms with Crippen LogP contribution in [0.4, 0.5) is 0 Å². The number of benzene rings is 2. The van der Waals surface area contributed by atoms with Gasteiger partial charge in [0, 0.05) is 11.1 Å². The standard InChI is InChI=1S/C16H17N3/c1-11-6-8-13(9-7-11)15(17)19-16(18)14-5-3-4-12(2)10-14/h3-10H,1-2H3,(H3,17,18,19). The third-order valence-corrected chi connectivity index (χ3v) is 2.87. The number of nitrogens with two attached hydrogens (primary N) is 1. The van der Waals surface area contributed by atoms with E-state index in [2.05, 4.69) is 4.99 Å². The number of hydrogen-bond donors (Lipinski definition) is 2. The Hall–Kier alpha value is -2.42. The Morgan fingerprint density at radius 2 is 1.63 bits per heavy atom. The summed E-state index contributed by atoms with van der Waals surface area (Å²) < 4.78 is 0. The molecule has 3 nitrogen and oxygen atoms in total. The SMILES string of the molecule is Cc1ccc(C(N)=NC(=N)c2cccc(C)c2)cc1. The second kappa shape index (κ2) is 5.48. The van der Waals surface area contributed by atoms with Crippen LogP contribution in [0.2, 0.25) is 0 Å². The van der Waals surface area contributed by atoms with Gasteiger partial charge in [-0.3, -0.25) is 5.41 Å². The van der Waals surface area contributed by atoms with Crippen LogP contribution in [0.25, 0.3) is 0 Å². The topological polar surface area (TPSA) is 62.2 Å². The lowest BCUT2D eigenvalue weighted by Crippen LogP contribution is -2.15. The molecule has 0 fully saturated rings. The van der Waals surface area contributed by atoms with Gasteiger partial charge in [-0.15, -0.1) is 0 Å². The predicted molar refractivity (Wildman–Crippen MR) is 79.9 cm³/mol. The molecule has 0 aliphatic carbocycles. The molecule has 19 heavy (non-hydrogen) atoms. The van der Waals surface area contributed by atoms with Crippen LogP contribution in [0.3, 0.4) is 0 Å². The van der Waals surface area contributed by atoms with E-state index < -0.39 is 0 Å². The van der Waals surface area contributed by atoms with E-state index in [0.717, 1.165) is 16.7 Å². The quantitative estimate of drug-likeness (QED) is 0.625. The van der Waals surface area contributed by atoms with Gasteiger partial charge in [0.15, 0.2) is 5.84 Å². The number of aryl methyl sites for hydroxylation is 2. The fraction of sp³-hybridized carbons (Fsp3) is 0.125. The van der Waals surface area contributed by atoms with Gasteiger partial charge in [-0.25, -0.2) is 4.99 Å². The normalized spacial score (nSPS) is 11.4. The molecule has 0 atom stereocenters. The van der Waals surface area contributed by atoms with Crippen molar-refractivity contribution in [2.75, 3.05) is 0 Å².